The van der Waals surface area contributed by atoms with Gasteiger partial charge in [0.05, 0.1) is 16.9 Å². The smallest absolute Gasteiger partial charge is 0.172 e. The highest BCUT2D eigenvalue weighted by molar-refractivity contribution is 7.85. The van der Waals surface area contributed by atoms with Crippen LogP contribution in [-0.4, -0.2) is 9.97 Å². The van der Waals surface area contributed by atoms with E-state index in [-0.39, 0.29) is 0 Å². The Kier molecular flexibility index (Phi) is 5.39. The van der Waals surface area contributed by atoms with Gasteiger partial charge in [-0.15, -0.1) is 0 Å². The Hall–Kier alpha value is -4.59. The molecule has 7 rings (SSSR count). The van der Waals surface area contributed by atoms with Gasteiger partial charge in [0.2, 0.25) is 0 Å². The maximum atomic E-state index is 14.7. The molecule has 180 valence electrons. The first-order valence-corrected chi connectivity index (χ1v) is 14.3. The predicted octanol–water partition coefficient (Wildman–Crippen LogP) is 7.24. The van der Waals surface area contributed by atoms with Crippen molar-refractivity contribution in [3.8, 4) is 11.4 Å². The Bertz CT molecular complexity index is 1930. The summed E-state index contributed by atoms with van der Waals surface area (Å²) in [6, 6.07) is 44.3. The summed E-state index contributed by atoms with van der Waals surface area (Å²) in [6.07, 6.45) is 1.76. The molecule has 2 aromatic heterocycles. The molecule has 0 saturated carbocycles. The number of fused-ring (bicyclic) bond motifs is 5. The summed E-state index contributed by atoms with van der Waals surface area (Å²) < 4.78 is 14.7. The van der Waals surface area contributed by atoms with Crippen molar-refractivity contribution in [2.45, 2.75) is 0 Å². The third-order valence-corrected chi connectivity index (χ3v) is 10.2. The Morgan fingerprint density at radius 3 is 1.82 bits per heavy atom. The van der Waals surface area contributed by atoms with E-state index in [4.69, 9.17) is 9.97 Å². The van der Waals surface area contributed by atoms with Crippen LogP contribution in [0, 0.1) is 0 Å². The summed E-state index contributed by atoms with van der Waals surface area (Å²) in [5, 5.41) is 8.02. The molecule has 0 fully saturated rings. The van der Waals surface area contributed by atoms with Gasteiger partial charge < -0.3 is 4.57 Å². The van der Waals surface area contributed by atoms with Crippen LogP contribution in [0.5, 0.6) is 0 Å². The zero-order valence-corrected chi connectivity index (χ0v) is 21.4. The van der Waals surface area contributed by atoms with E-state index < -0.39 is 7.14 Å². The van der Waals surface area contributed by atoms with Crippen LogP contribution in [0.3, 0.4) is 0 Å². The third kappa shape index (κ3) is 3.55. The second kappa shape index (κ2) is 9.06. The summed E-state index contributed by atoms with van der Waals surface area (Å²) in [5.41, 5.74) is 2.51. The van der Waals surface area contributed by atoms with Crippen LogP contribution in [0.25, 0.3) is 43.8 Å². The maximum absolute atomic E-state index is 14.7. The lowest BCUT2D eigenvalue weighted by molar-refractivity contribution is 0.592. The molecule has 0 saturated heterocycles. The van der Waals surface area contributed by atoms with Crippen molar-refractivity contribution in [2.75, 3.05) is 0 Å². The SMILES string of the molecule is O=P(c1ccccc1)(c1ccccc1)c1ccc(-c2nc3ccccc3c3c2ccc2ccccc23)nc1. The summed E-state index contributed by atoms with van der Waals surface area (Å²) >= 11 is 0. The lowest BCUT2D eigenvalue weighted by Crippen LogP contribution is -2.25. The molecule has 0 aliphatic carbocycles. The van der Waals surface area contributed by atoms with Crippen LogP contribution in [0.15, 0.2) is 140 Å². The minimum Gasteiger partial charge on any atom is -0.309 e. The number of benzene rings is 5. The summed E-state index contributed by atoms with van der Waals surface area (Å²) in [4.78, 5) is 9.93. The van der Waals surface area contributed by atoms with E-state index in [1.807, 2.05) is 84.9 Å². The molecule has 38 heavy (non-hydrogen) atoms. The molecule has 2 heterocycles. The van der Waals surface area contributed by atoms with Crippen LogP contribution in [0.2, 0.25) is 0 Å². The molecule has 4 heteroatoms. The topological polar surface area (TPSA) is 42.9 Å². The van der Waals surface area contributed by atoms with E-state index in [0.29, 0.717) is 5.30 Å². The molecule has 5 aromatic carbocycles. The minimum atomic E-state index is -3.09. The molecule has 0 bridgehead atoms. The van der Waals surface area contributed by atoms with Gasteiger partial charge in [0.1, 0.15) is 0 Å². The highest BCUT2D eigenvalue weighted by Gasteiger charge is 2.30. The molecule has 0 aliphatic rings. The van der Waals surface area contributed by atoms with Crippen LogP contribution < -0.4 is 15.9 Å². The number of nitrogens with zero attached hydrogens (tertiary/aromatic N) is 2. The molecule has 7 aromatic rings. The van der Waals surface area contributed by atoms with Crippen molar-refractivity contribution in [2.24, 2.45) is 0 Å². The molecular weight excluding hydrogens is 483 g/mol. The second-order valence-corrected chi connectivity index (χ2v) is 12.1. The zero-order chi connectivity index (χ0) is 25.5. The van der Waals surface area contributed by atoms with Gasteiger partial charge in [0.15, 0.2) is 7.14 Å². The lowest BCUT2D eigenvalue weighted by atomic mass is 9.96. The highest BCUT2D eigenvalue weighted by Crippen LogP contribution is 2.42. The Morgan fingerprint density at radius 1 is 0.500 bits per heavy atom. The van der Waals surface area contributed by atoms with Gasteiger partial charge in [0, 0.05) is 38.3 Å². The van der Waals surface area contributed by atoms with Crippen LogP contribution >= 0.6 is 7.14 Å². The lowest BCUT2D eigenvalue weighted by Gasteiger charge is -2.20. The number of aromatic nitrogens is 2. The standard InChI is InChI=1S/C34H23N2OP/c37-38(25-12-3-1-4-13-25,26-14-5-2-6-15-26)27-20-22-32(35-23-27)34-30-21-19-24-11-7-8-16-28(24)33(30)29-17-9-10-18-31(29)36-34/h1-23H. The molecule has 3 nitrogen and oxygen atoms in total. The molecular formula is C34H23N2OP. The monoisotopic (exact) mass is 506 g/mol. The van der Waals surface area contributed by atoms with Gasteiger partial charge >= 0.3 is 0 Å². The van der Waals surface area contributed by atoms with Gasteiger partial charge in [-0.05, 0) is 29.0 Å². The van der Waals surface area contributed by atoms with Crippen molar-refractivity contribution < 1.29 is 4.57 Å². The normalized spacial score (nSPS) is 11.8. The number of para-hydroxylation sites is 1. The van der Waals surface area contributed by atoms with E-state index in [1.165, 1.54) is 16.2 Å². The molecule has 0 N–H and O–H groups in total. The molecule has 0 aliphatic heterocycles. The van der Waals surface area contributed by atoms with E-state index in [1.54, 1.807) is 6.20 Å². The maximum Gasteiger partial charge on any atom is 0.172 e. The first kappa shape index (κ1) is 22.6. The Balaban J connectivity index is 1.45. The fourth-order valence-electron chi connectivity index (χ4n) is 5.35. The van der Waals surface area contributed by atoms with Crippen LogP contribution in [0.1, 0.15) is 0 Å². The van der Waals surface area contributed by atoms with Crippen molar-refractivity contribution in [1.82, 2.24) is 9.97 Å². The van der Waals surface area contributed by atoms with Gasteiger partial charge in [-0.1, -0.05) is 115 Å². The van der Waals surface area contributed by atoms with Gasteiger partial charge in [0.25, 0.3) is 0 Å². The second-order valence-electron chi connectivity index (χ2n) is 9.37. The largest absolute Gasteiger partial charge is 0.309 e. The fourth-order valence-corrected chi connectivity index (χ4v) is 7.94. The summed E-state index contributed by atoms with van der Waals surface area (Å²) in [7, 11) is -3.09. The summed E-state index contributed by atoms with van der Waals surface area (Å²) in [5.74, 6) is 0. The highest BCUT2D eigenvalue weighted by atomic mass is 31.2. The third-order valence-electron chi connectivity index (χ3n) is 7.18. The first-order chi connectivity index (χ1) is 18.7. The van der Waals surface area contributed by atoms with Gasteiger partial charge in [-0.2, -0.15) is 0 Å². The molecule has 0 spiro atoms. The molecule has 0 unspecified atom stereocenters. The first-order valence-electron chi connectivity index (χ1n) is 12.6. The number of hydrogen-bond acceptors (Lipinski definition) is 3. The van der Waals surface area contributed by atoms with E-state index in [0.717, 1.165) is 38.3 Å². The number of rotatable bonds is 4. The van der Waals surface area contributed by atoms with Crippen LogP contribution in [-0.2, 0) is 4.57 Å². The molecule has 0 amide bonds. The number of hydrogen-bond donors (Lipinski definition) is 0. The Morgan fingerprint density at radius 2 is 1.13 bits per heavy atom. The summed E-state index contributed by atoms with van der Waals surface area (Å²) in [6.45, 7) is 0. The van der Waals surface area contributed by atoms with E-state index >= 15 is 0 Å². The Labute approximate surface area is 220 Å². The van der Waals surface area contributed by atoms with E-state index in [9.17, 15) is 4.57 Å². The quantitative estimate of drug-likeness (QED) is 0.187. The van der Waals surface area contributed by atoms with Crippen LogP contribution in [0.4, 0.5) is 0 Å². The predicted molar refractivity (Wildman–Crippen MR) is 159 cm³/mol. The van der Waals surface area contributed by atoms with Gasteiger partial charge in [-0.3, -0.25) is 4.98 Å². The molecule has 0 radical (unpaired) electrons. The average Bonchev–Trinajstić information content (AvgIpc) is 3.01. The zero-order valence-electron chi connectivity index (χ0n) is 20.5. The van der Waals surface area contributed by atoms with Crippen molar-refractivity contribution in [3.05, 3.63) is 140 Å². The molecule has 0 atom stereocenters. The fraction of sp³-hybridized carbons (Fsp3) is 0. The minimum absolute atomic E-state index is 0.703. The average molecular weight is 507 g/mol. The van der Waals surface area contributed by atoms with Crippen molar-refractivity contribution in [1.29, 1.82) is 0 Å². The van der Waals surface area contributed by atoms with E-state index in [2.05, 4.69) is 48.5 Å². The van der Waals surface area contributed by atoms with Gasteiger partial charge in [-0.25, -0.2) is 4.98 Å². The van der Waals surface area contributed by atoms with Crippen molar-refractivity contribution >= 4 is 55.5 Å². The van der Waals surface area contributed by atoms with Crippen molar-refractivity contribution in [3.63, 3.8) is 0 Å². The number of pyridine rings is 2.